The van der Waals surface area contributed by atoms with Crippen LogP contribution in [0.15, 0.2) is 108 Å². The van der Waals surface area contributed by atoms with Gasteiger partial charge in [0.2, 0.25) is 5.91 Å². The van der Waals surface area contributed by atoms with Gasteiger partial charge in [0.15, 0.2) is 0 Å². The molecular formula is C40H50N6O2. The number of nitrogens with one attached hydrogen (secondary N) is 3. The molecule has 8 heteroatoms. The van der Waals surface area contributed by atoms with Crippen LogP contribution in [0.3, 0.4) is 0 Å². The summed E-state index contributed by atoms with van der Waals surface area (Å²) in [5.74, 6) is 0.880. The van der Waals surface area contributed by atoms with E-state index in [0.717, 1.165) is 65.3 Å². The highest BCUT2D eigenvalue weighted by atomic mass is 16.2. The zero-order chi connectivity index (χ0) is 35.1. The van der Waals surface area contributed by atoms with E-state index in [1.165, 1.54) is 0 Å². The van der Waals surface area contributed by atoms with Crippen molar-refractivity contribution in [3.05, 3.63) is 120 Å². The third-order valence-electron chi connectivity index (χ3n) is 8.36. The van der Waals surface area contributed by atoms with E-state index < -0.39 is 0 Å². The topological polar surface area (TPSA) is 110 Å². The van der Waals surface area contributed by atoms with Gasteiger partial charge in [-0.2, -0.15) is 5.26 Å². The molecule has 2 aromatic rings. The number of likely N-dealkylation sites (tertiary alicyclic amines) is 1. The third-order valence-corrected chi connectivity index (χ3v) is 8.36. The highest BCUT2D eigenvalue weighted by Crippen LogP contribution is 2.27. The van der Waals surface area contributed by atoms with Crippen LogP contribution >= 0.6 is 0 Å². The van der Waals surface area contributed by atoms with E-state index in [0.29, 0.717) is 30.6 Å². The predicted molar refractivity (Wildman–Crippen MR) is 199 cm³/mol. The van der Waals surface area contributed by atoms with Crippen LogP contribution in [0.1, 0.15) is 81.8 Å². The number of carbonyl (C=O) groups is 2. The second-order valence-corrected chi connectivity index (χ2v) is 12.0. The minimum Gasteiger partial charge on any atom is -0.364 e. The molecular weight excluding hydrogens is 596 g/mol. The number of nitrogens with zero attached hydrogens (tertiary/aromatic N) is 3. The minimum atomic E-state index is -0.158. The molecule has 2 heterocycles. The lowest BCUT2D eigenvalue weighted by Crippen LogP contribution is -2.39. The largest absolute Gasteiger partial charge is 0.364 e. The van der Waals surface area contributed by atoms with E-state index in [1.807, 2.05) is 69.9 Å². The van der Waals surface area contributed by atoms with Crippen LogP contribution in [0.4, 0.5) is 11.4 Å². The summed E-state index contributed by atoms with van der Waals surface area (Å²) in [4.78, 5) is 33.0. The Balaban J connectivity index is 0.00000201. The zero-order valence-corrected chi connectivity index (χ0v) is 29.1. The summed E-state index contributed by atoms with van der Waals surface area (Å²) in [5, 5.41) is 19.3. The lowest BCUT2D eigenvalue weighted by atomic mass is 9.92. The molecule has 0 aromatic heterocycles. The van der Waals surface area contributed by atoms with Gasteiger partial charge in [-0.3, -0.25) is 9.59 Å². The number of allylic oxidation sites excluding steroid dienone is 6. The van der Waals surface area contributed by atoms with Gasteiger partial charge < -0.3 is 20.9 Å². The van der Waals surface area contributed by atoms with E-state index >= 15 is 0 Å². The molecule has 252 valence electrons. The maximum Gasteiger partial charge on any atom is 0.253 e. The second kappa shape index (κ2) is 18.9. The number of hydrogen-bond acceptors (Lipinski definition) is 6. The monoisotopic (exact) mass is 646 g/mol. The number of carbonyl (C=O) groups excluding carboxylic acids is 2. The van der Waals surface area contributed by atoms with E-state index in [1.54, 1.807) is 30.3 Å². The van der Waals surface area contributed by atoms with Crippen molar-refractivity contribution in [1.29, 1.82) is 5.26 Å². The summed E-state index contributed by atoms with van der Waals surface area (Å²) in [6.07, 6.45) is 13.0. The first-order valence-corrected chi connectivity index (χ1v) is 16.7. The fraction of sp³-hybridized carbons (Fsp3) is 0.350. The van der Waals surface area contributed by atoms with Crippen molar-refractivity contribution in [2.75, 3.05) is 23.7 Å². The molecule has 1 fully saturated rings. The number of nitriles is 1. The fourth-order valence-electron chi connectivity index (χ4n) is 5.60. The first kappa shape index (κ1) is 37.3. The summed E-state index contributed by atoms with van der Waals surface area (Å²) in [6, 6.07) is 14.9. The number of fused-ring (bicyclic) bond motifs is 2. The number of piperidine rings is 1. The average molecular weight is 647 g/mol. The molecule has 2 amide bonds. The SMILES string of the molecule is C=C/C1=C\C(=C/C)NC(C)/N=C(\C(C)=C/C)Nc2ccc(NC(=O)CC3CCN(C(=O)c4cccc(C#N)c4)CC3)c(c2)CC1.C=CC. The lowest BCUT2D eigenvalue weighted by Gasteiger charge is -2.32. The average Bonchev–Trinajstić information content (AvgIpc) is 3.10. The Bertz CT molecular complexity index is 1630. The van der Waals surface area contributed by atoms with Gasteiger partial charge in [-0.1, -0.05) is 36.9 Å². The van der Waals surface area contributed by atoms with Gasteiger partial charge in [0.05, 0.1) is 11.6 Å². The standard InChI is InChI=1S/C37H44N6O2.C3H6/c1-6-25(4)36-40-26(5)39-32(8-3)21-27(7-2)12-13-30-23-33(41-36)14-15-34(30)42-35(44)22-28-16-18-43(19-17-28)37(45)31-11-9-10-29(20-31)24-38;1-3-2/h6-11,14-15,20-21,23,26,28,39H,2,12-13,16-19,22H2,1,3-5H3,(H,40,41)(H,42,44);3H,1H2,2H3/b25-6-,27-21+,32-8+;. The Labute approximate surface area is 286 Å². The maximum absolute atomic E-state index is 13.3. The van der Waals surface area contributed by atoms with Crippen molar-refractivity contribution in [2.45, 2.75) is 72.9 Å². The summed E-state index contributed by atoms with van der Waals surface area (Å²) in [6.45, 7) is 18.5. The molecule has 8 nitrogen and oxygen atoms in total. The van der Waals surface area contributed by atoms with E-state index in [4.69, 9.17) is 10.3 Å². The second-order valence-electron chi connectivity index (χ2n) is 12.0. The van der Waals surface area contributed by atoms with E-state index in [2.05, 4.69) is 47.3 Å². The molecule has 2 bridgehead atoms. The van der Waals surface area contributed by atoms with Gasteiger partial charge >= 0.3 is 0 Å². The van der Waals surface area contributed by atoms with Crippen molar-refractivity contribution in [1.82, 2.24) is 10.2 Å². The lowest BCUT2D eigenvalue weighted by molar-refractivity contribution is -0.117. The molecule has 1 unspecified atom stereocenters. The molecule has 2 aromatic carbocycles. The molecule has 1 atom stereocenters. The van der Waals surface area contributed by atoms with Crippen LogP contribution in [-0.2, 0) is 11.2 Å². The molecule has 2 aliphatic heterocycles. The quantitative estimate of drug-likeness (QED) is 0.274. The summed E-state index contributed by atoms with van der Waals surface area (Å²) >= 11 is 0. The predicted octanol–water partition coefficient (Wildman–Crippen LogP) is 8.31. The molecule has 0 spiro atoms. The number of rotatable bonds is 6. The summed E-state index contributed by atoms with van der Waals surface area (Å²) in [5.41, 5.74) is 6.83. The first-order chi connectivity index (χ1) is 23.1. The molecule has 4 rings (SSSR count). The molecule has 48 heavy (non-hydrogen) atoms. The van der Waals surface area contributed by atoms with Crippen LogP contribution in [0.2, 0.25) is 0 Å². The van der Waals surface area contributed by atoms with Crippen LogP contribution in [0.25, 0.3) is 0 Å². The van der Waals surface area contributed by atoms with Gasteiger partial charge in [-0.05, 0) is 125 Å². The summed E-state index contributed by atoms with van der Waals surface area (Å²) in [7, 11) is 0. The first-order valence-electron chi connectivity index (χ1n) is 16.7. The Morgan fingerprint density at radius 2 is 1.83 bits per heavy atom. The van der Waals surface area contributed by atoms with Crippen molar-refractivity contribution in [2.24, 2.45) is 10.9 Å². The molecule has 2 aliphatic rings. The zero-order valence-electron chi connectivity index (χ0n) is 29.1. The van der Waals surface area contributed by atoms with Gasteiger partial charge in [-0.15, -0.1) is 6.58 Å². The van der Waals surface area contributed by atoms with Crippen molar-refractivity contribution in [3.8, 4) is 6.07 Å². The van der Waals surface area contributed by atoms with Gasteiger partial charge in [0, 0.05) is 42.1 Å². The number of aliphatic imine (C=N–C) groups is 1. The maximum atomic E-state index is 13.3. The highest BCUT2D eigenvalue weighted by molar-refractivity contribution is 6.07. The summed E-state index contributed by atoms with van der Waals surface area (Å²) < 4.78 is 0. The van der Waals surface area contributed by atoms with Crippen LogP contribution < -0.4 is 16.0 Å². The van der Waals surface area contributed by atoms with E-state index in [9.17, 15) is 9.59 Å². The Morgan fingerprint density at radius 3 is 2.48 bits per heavy atom. The smallest absolute Gasteiger partial charge is 0.253 e. The fourth-order valence-corrected chi connectivity index (χ4v) is 5.60. The van der Waals surface area contributed by atoms with Crippen molar-refractivity contribution < 1.29 is 9.59 Å². The van der Waals surface area contributed by atoms with Crippen LogP contribution in [-0.4, -0.2) is 41.8 Å². The molecule has 0 radical (unpaired) electrons. The number of hydrogen-bond donors (Lipinski definition) is 3. The Hall–Kier alpha value is -5.16. The Morgan fingerprint density at radius 1 is 1.10 bits per heavy atom. The number of anilines is 2. The van der Waals surface area contributed by atoms with Gasteiger partial charge in [-0.25, -0.2) is 4.99 Å². The van der Waals surface area contributed by atoms with Crippen LogP contribution in [0, 0.1) is 17.2 Å². The van der Waals surface area contributed by atoms with E-state index in [-0.39, 0.29) is 23.9 Å². The molecule has 3 N–H and O–H groups in total. The number of amides is 2. The number of amidine groups is 1. The third kappa shape index (κ3) is 11.0. The Kier molecular flexibility index (Phi) is 14.7. The molecule has 1 saturated heterocycles. The molecule has 0 aliphatic carbocycles. The van der Waals surface area contributed by atoms with Crippen molar-refractivity contribution in [3.63, 3.8) is 0 Å². The van der Waals surface area contributed by atoms with Crippen LogP contribution in [0.5, 0.6) is 0 Å². The minimum absolute atomic E-state index is 0.0258. The molecule has 0 saturated carbocycles. The van der Waals surface area contributed by atoms with Gasteiger partial charge in [0.25, 0.3) is 5.91 Å². The highest BCUT2D eigenvalue weighted by Gasteiger charge is 2.25. The number of benzene rings is 2. The van der Waals surface area contributed by atoms with Crippen molar-refractivity contribution >= 4 is 29.0 Å². The van der Waals surface area contributed by atoms with Gasteiger partial charge in [0.1, 0.15) is 12.0 Å². The normalized spacial score (nSPS) is 20.2. The number of aryl methyl sites for hydroxylation is 1.